The number of ether oxygens (including phenoxy) is 2. The number of nitrogens with zero attached hydrogens (tertiary/aromatic N) is 1. The lowest BCUT2D eigenvalue weighted by atomic mass is 10.1. The second kappa shape index (κ2) is 11.1. The van der Waals surface area contributed by atoms with Crippen molar-refractivity contribution in [1.82, 2.24) is 5.32 Å². The lowest BCUT2D eigenvalue weighted by Crippen LogP contribution is -2.24. The highest BCUT2D eigenvalue weighted by atomic mass is 16.5. The first-order valence-corrected chi connectivity index (χ1v) is 9.56. The topological polar surface area (TPSA) is 71.4 Å². The molecule has 0 saturated carbocycles. The summed E-state index contributed by atoms with van der Waals surface area (Å²) < 4.78 is 11.0. The second-order valence-electron chi connectivity index (χ2n) is 6.49. The van der Waals surface area contributed by atoms with Crippen molar-refractivity contribution in [2.45, 2.75) is 13.2 Å². The van der Waals surface area contributed by atoms with Crippen molar-refractivity contribution in [1.29, 1.82) is 5.26 Å². The molecule has 0 unspecified atom stereocenters. The molecule has 0 bridgehead atoms. The zero-order valence-corrected chi connectivity index (χ0v) is 16.5. The maximum absolute atomic E-state index is 11.8. The fourth-order valence-electron chi connectivity index (χ4n) is 2.70. The molecular weight excluding hydrogens is 376 g/mol. The summed E-state index contributed by atoms with van der Waals surface area (Å²) in [5.41, 5.74) is 3.31. The summed E-state index contributed by atoms with van der Waals surface area (Å²) in [6, 6.07) is 26.8. The molecule has 30 heavy (non-hydrogen) atoms. The van der Waals surface area contributed by atoms with Crippen molar-refractivity contribution in [3.63, 3.8) is 0 Å². The van der Waals surface area contributed by atoms with E-state index in [1.54, 1.807) is 6.07 Å². The molecule has 1 N–H and O–H groups in total. The first-order valence-electron chi connectivity index (χ1n) is 9.56. The van der Waals surface area contributed by atoms with Crippen molar-refractivity contribution >= 4 is 12.2 Å². The Kier molecular flexibility index (Phi) is 7.64. The highest BCUT2D eigenvalue weighted by molar-refractivity contribution is 5.67. The van der Waals surface area contributed by atoms with Gasteiger partial charge in [0.1, 0.15) is 25.0 Å². The van der Waals surface area contributed by atoms with Crippen molar-refractivity contribution in [2.24, 2.45) is 0 Å². The van der Waals surface area contributed by atoms with Gasteiger partial charge in [-0.25, -0.2) is 4.79 Å². The van der Waals surface area contributed by atoms with Gasteiger partial charge in [-0.05, 0) is 28.8 Å². The molecule has 0 fully saturated rings. The van der Waals surface area contributed by atoms with Gasteiger partial charge >= 0.3 is 6.09 Å². The minimum atomic E-state index is -0.477. The van der Waals surface area contributed by atoms with Crippen molar-refractivity contribution in [3.8, 4) is 11.8 Å². The number of nitrogens with one attached hydrogen (secondary N) is 1. The Hall–Kier alpha value is -4.04. The third-order valence-electron chi connectivity index (χ3n) is 4.25. The molecule has 5 nitrogen and oxygen atoms in total. The zero-order chi connectivity index (χ0) is 21.0. The molecule has 1 amide bonds. The number of nitriles is 1. The summed E-state index contributed by atoms with van der Waals surface area (Å²) in [7, 11) is 0. The van der Waals surface area contributed by atoms with Gasteiger partial charge in [0.2, 0.25) is 0 Å². The molecule has 0 saturated heterocycles. The van der Waals surface area contributed by atoms with Crippen molar-refractivity contribution in [3.05, 3.63) is 107 Å². The fraction of sp³-hybridized carbons (Fsp3) is 0.120. The van der Waals surface area contributed by atoms with Crippen LogP contribution in [0.2, 0.25) is 0 Å². The van der Waals surface area contributed by atoms with Gasteiger partial charge in [0, 0.05) is 6.54 Å². The maximum atomic E-state index is 11.8. The van der Waals surface area contributed by atoms with Crippen LogP contribution in [0.1, 0.15) is 22.3 Å². The monoisotopic (exact) mass is 398 g/mol. The van der Waals surface area contributed by atoms with Crippen LogP contribution in [0.25, 0.3) is 6.08 Å². The Bertz CT molecular complexity index is 1030. The van der Waals surface area contributed by atoms with E-state index < -0.39 is 6.09 Å². The summed E-state index contributed by atoms with van der Waals surface area (Å²) >= 11 is 0. The van der Waals surface area contributed by atoms with Crippen LogP contribution in [0.3, 0.4) is 0 Å². The first kappa shape index (κ1) is 20.7. The summed E-state index contributed by atoms with van der Waals surface area (Å²) in [6.07, 6.45) is 3.19. The first-order chi connectivity index (χ1) is 14.7. The Morgan fingerprint density at radius 2 is 1.60 bits per heavy atom. The van der Waals surface area contributed by atoms with Gasteiger partial charge in [-0.2, -0.15) is 5.26 Å². The van der Waals surface area contributed by atoms with E-state index in [1.807, 2.05) is 84.9 Å². The molecular formula is C25H22N2O3. The van der Waals surface area contributed by atoms with E-state index in [0.29, 0.717) is 24.5 Å². The van der Waals surface area contributed by atoms with Gasteiger partial charge in [0.15, 0.2) is 0 Å². The van der Waals surface area contributed by atoms with E-state index in [-0.39, 0.29) is 6.61 Å². The van der Waals surface area contributed by atoms with Crippen molar-refractivity contribution in [2.75, 3.05) is 6.54 Å². The van der Waals surface area contributed by atoms with Gasteiger partial charge < -0.3 is 14.8 Å². The average Bonchev–Trinajstić information content (AvgIpc) is 2.80. The number of benzene rings is 3. The summed E-state index contributed by atoms with van der Waals surface area (Å²) in [5, 5.41) is 12.0. The molecule has 150 valence electrons. The van der Waals surface area contributed by atoms with E-state index >= 15 is 0 Å². The molecule has 0 spiro atoms. The number of carbonyl (C=O) groups is 1. The Labute approximate surface area is 176 Å². The third kappa shape index (κ3) is 6.54. The van der Waals surface area contributed by atoms with E-state index in [1.165, 1.54) is 0 Å². The molecule has 0 radical (unpaired) electrons. The normalized spacial score (nSPS) is 10.4. The summed E-state index contributed by atoms with van der Waals surface area (Å²) in [4.78, 5) is 11.8. The molecule has 3 aromatic rings. The highest BCUT2D eigenvalue weighted by Crippen LogP contribution is 2.22. The van der Waals surface area contributed by atoms with Crippen LogP contribution in [0.15, 0.2) is 84.9 Å². The molecule has 3 rings (SSSR count). The maximum Gasteiger partial charge on any atom is 0.407 e. The van der Waals surface area contributed by atoms with Gasteiger partial charge in [-0.15, -0.1) is 0 Å². The van der Waals surface area contributed by atoms with Gasteiger partial charge in [0.05, 0.1) is 5.56 Å². The van der Waals surface area contributed by atoms with Crippen LogP contribution in [-0.2, 0) is 18.0 Å². The van der Waals surface area contributed by atoms with Gasteiger partial charge in [0.25, 0.3) is 0 Å². The number of alkyl carbamates (subject to hydrolysis) is 1. The molecule has 0 aliphatic carbocycles. The lowest BCUT2D eigenvalue weighted by Gasteiger charge is -2.09. The largest absolute Gasteiger partial charge is 0.488 e. The quantitative estimate of drug-likeness (QED) is 0.575. The third-order valence-corrected chi connectivity index (χ3v) is 4.25. The summed E-state index contributed by atoms with van der Waals surface area (Å²) in [6.45, 7) is 0.944. The molecule has 0 aliphatic rings. The van der Waals surface area contributed by atoms with E-state index in [0.717, 1.165) is 16.7 Å². The van der Waals surface area contributed by atoms with Crippen LogP contribution in [0, 0.1) is 11.3 Å². The second-order valence-corrected chi connectivity index (χ2v) is 6.49. The van der Waals surface area contributed by atoms with E-state index in [2.05, 4.69) is 11.4 Å². The van der Waals surface area contributed by atoms with E-state index in [9.17, 15) is 10.1 Å². The van der Waals surface area contributed by atoms with Crippen LogP contribution in [-0.4, -0.2) is 12.6 Å². The van der Waals surface area contributed by atoms with Crippen LogP contribution in [0.4, 0.5) is 4.79 Å². The molecule has 5 heteroatoms. The Morgan fingerprint density at radius 1 is 0.933 bits per heavy atom. The molecule has 0 atom stereocenters. The number of carbonyl (C=O) groups excluding carboxylic acids is 1. The smallest absolute Gasteiger partial charge is 0.407 e. The molecule has 0 aliphatic heterocycles. The minimum Gasteiger partial charge on any atom is -0.488 e. The zero-order valence-electron chi connectivity index (χ0n) is 16.5. The Balaban J connectivity index is 1.50. The van der Waals surface area contributed by atoms with Gasteiger partial charge in [-0.1, -0.05) is 78.9 Å². The summed E-state index contributed by atoms with van der Waals surface area (Å²) in [5.74, 6) is 0.527. The molecule has 3 aromatic carbocycles. The number of hydrogen-bond donors (Lipinski definition) is 1. The number of amides is 1. The van der Waals surface area contributed by atoms with Crippen LogP contribution < -0.4 is 10.1 Å². The standard InChI is InChI=1S/C25H22N2O3/c26-17-23-14-13-20(16-24(23)29-18-21-8-3-1-4-9-21)12-7-15-27-25(28)30-19-22-10-5-2-6-11-22/h1-14,16H,15,18-19H2,(H,27,28). The fourth-order valence-corrected chi connectivity index (χ4v) is 2.70. The predicted molar refractivity (Wildman–Crippen MR) is 116 cm³/mol. The number of rotatable bonds is 8. The van der Waals surface area contributed by atoms with Crippen LogP contribution in [0.5, 0.6) is 5.75 Å². The predicted octanol–water partition coefficient (Wildman–Crippen LogP) is 5.08. The molecule has 0 aromatic heterocycles. The average molecular weight is 398 g/mol. The van der Waals surface area contributed by atoms with Gasteiger partial charge in [-0.3, -0.25) is 0 Å². The Morgan fingerprint density at radius 3 is 2.27 bits per heavy atom. The molecule has 0 heterocycles. The van der Waals surface area contributed by atoms with E-state index in [4.69, 9.17) is 9.47 Å². The minimum absolute atomic E-state index is 0.230. The number of hydrogen-bond acceptors (Lipinski definition) is 4. The SMILES string of the molecule is N#Cc1ccc(C=CCNC(=O)OCc2ccccc2)cc1OCc1ccccc1. The van der Waals surface area contributed by atoms with Crippen molar-refractivity contribution < 1.29 is 14.3 Å². The lowest BCUT2D eigenvalue weighted by molar-refractivity contribution is 0.141. The highest BCUT2D eigenvalue weighted by Gasteiger charge is 2.05. The van der Waals surface area contributed by atoms with Crippen LogP contribution >= 0.6 is 0 Å².